The van der Waals surface area contributed by atoms with E-state index in [0.717, 1.165) is 72.0 Å². The highest BCUT2D eigenvalue weighted by molar-refractivity contribution is 5.93. The number of aromatic nitrogens is 4. The number of aryl methyl sites for hydroxylation is 4. The molecule has 0 spiro atoms. The highest BCUT2D eigenvalue weighted by Crippen LogP contribution is 2.30. The van der Waals surface area contributed by atoms with E-state index in [0.29, 0.717) is 6.54 Å². The number of carbonyl (C=O) groups is 1. The summed E-state index contributed by atoms with van der Waals surface area (Å²) in [4.78, 5) is 29.4. The van der Waals surface area contributed by atoms with E-state index < -0.39 is 0 Å². The zero-order chi connectivity index (χ0) is 21.4. The topological polar surface area (TPSA) is 75.9 Å². The van der Waals surface area contributed by atoms with Crippen LogP contribution in [0.1, 0.15) is 49.1 Å². The molecule has 0 radical (unpaired) electrons. The van der Waals surface area contributed by atoms with Gasteiger partial charge in [0.05, 0.1) is 5.92 Å². The second-order valence-electron chi connectivity index (χ2n) is 9.01. The van der Waals surface area contributed by atoms with Gasteiger partial charge in [0.25, 0.3) is 0 Å². The van der Waals surface area contributed by atoms with Gasteiger partial charge in [-0.15, -0.1) is 0 Å². The Morgan fingerprint density at radius 1 is 1.03 bits per heavy atom. The molecule has 2 aliphatic rings. The summed E-state index contributed by atoms with van der Waals surface area (Å²) in [5.74, 6) is 2.01. The Kier molecular flexibility index (Phi) is 5.34. The minimum Gasteiger partial charge on any atom is -0.354 e. The molecule has 5 rings (SSSR count). The maximum atomic E-state index is 13.0. The van der Waals surface area contributed by atoms with Crippen LogP contribution in [0, 0.1) is 19.8 Å². The van der Waals surface area contributed by atoms with Gasteiger partial charge in [0.1, 0.15) is 12.2 Å². The molecule has 0 aliphatic carbocycles. The van der Waals surface area contributed by atoms with E-state index in [1.165, 1.54) is 19.3 Å². The Morgan fingerprint density at radius 3 is 2.71 bits per heavy atom. The molecule has 0 bridgehead atoms. The molecule has 1 N–H and O–H groups in total. The van der Waals surface area contributed by atoms with Crippen LogP contribution in [-0.2, 0) is 17.8 Å². The Morgan fingerprint density at radius 2 is 1.87 bits per heavy atom. The number of imidazole rings is 1. The first-order valence-corrected chi connectivity index (χ1v) is 11.4. The van der Waals surface area contributed by atoms with E-state index in [1.807, 2.05) is 12.1 Å². The predicted octanol–water partition coefficient (Wildman–Crippen LogP) is 4.02. The van der Waals surface area contributed by atoms with Crippen LogP contribution in [0.2, 0.25) is 0 Å². The number of anilines is 2. The van der Waals surface area contributed by atoms with Crippen molar-refractivity contribution in [1.29, 1.82) is 0 Å². The van der Waals surface area contributed by atoms with Gasteiger partial charge in [-0.2, -0.15) is 0 Å². The second kappa shape index (κ2) is 8.29. The van der Waals surface area contributed by atoms with Gasteiger partial charge in [0, 0.05) is 31.7 Å². The van der Waals surface area contributed by atoms with Crippen molar-refractivity contribution in [2.45, 2.75) is 58.9 Å². The molecule has 31 heavy (non-hydrogen) atoms. The fraction of sp³-hybridized carbons (Fsp3) is 0.500. The summed E-state index contributed by atoms with van der Waals surface area (Å²) in [6.07, 6.45) is 8.09. The maximum Gasteiger partial charge on any atom is 0.229 e. The molecule has 1 fully saturated rings. The number of nitrogens with zero attached hydrogens (tertiary/aromatic N) is 5. The second-order valence-corrected chi connectivity index (χ2v) is 9.01. The molecular formula is C24H30N6O. The molecule has 7 heteroatoms. The van der Waals surface area contributed by atoms with Crippen LogP contribution in [0.25, 0.3) is 11.2 Å². The van der Waals surface area contributed by atoms with E-state index in [-0.39, 0.29) is 11.8 Å². The van der Waals surface area contributed by atoms with Crippen LogP contribution in [0.15, 0.2) is 24.5 Å². The summed E-state index contributed by atoms with van der Waals surface area (Å²) in [5.41, 5.74) is 5.01. The van der Waals surface area contributed by atoms with Crippen LogP contribution < -0.4 is 10.2 Å². The number of benzene rings is 1. The van der Waals surface area contributed by atoms with E-state index in [9.17, 15) is 4.79 Å². The molecule has 3 aromatic rings. The molecule has 1 unspecified atom stereocenters. The van der Waals surface area contributed by atoms with Crippen LogP contribution >= 0.6 is 0 Å². The molecule has 1 atom stereocenters. The van der Waals surface area contributed by atoms with Crippen LogP contribution in [-0.4, -0.2) is 38.5 Å². The molecule has 1 aromatic carbocycles. The Labute approximate surface area is 182 Å². The smallest absolute Gasteiger partial charge is 0.229 e. The summed E-state index contributed by atoms with van der Waals surface area (Å²) in [6, 6.07) is 6.17. The van der Waals surface area contributed by atoms with Crippen molar-refractivity contribution in [3.05, 3.63) is 41.5 Å². The fourth-order valence-electron chi connectivity index (χ4n) is 5.03. The molecule has 1 amide bonds. The van der Waals surface area contributed by atoms with Crippen molar-refractivity contribution < 1.29 is 4.79 Å². The average molecular weight is 419 g/mol. The third-order valence-corrected chi connectivity index (χ3v) is 6.45. The molecular weight excluding hydrogens is 388 g/mol. The lowest BCUT2D eigenvalue weighted by Crippen LogP contribution is -2.41. The normalized spacial score (nSPS) is 19.2. The summed E-state index contributed by atoms with van der Waals surface area (Å²) in [7, 11) is 0. The molecule has 1 saturated heterocycles. The summed E-state index contributed by atoms with van der Waals surface area (Å²) in [5, 5.41) is 3.13. The first kappa shape index (κ1) is 20.0. The summed E-state index contributed by atoms with van der Waals surface area (Å²) < 4.78 is 2.27. The van der Waals surface area contributed by atoms with E-state index in [4.69, 9.17) is 4.98 Å². The molecule has 4 heterocycles. The Hall–Kier alpha value is -2.96. The average Bonchev–Trinajstić information content (AvgIpc) is 2.94. The van der Waals surface area contributed by atoms with E-state index in [1.54, 1.807) is 6.33 Å². The third-order valence-electron chi connectivity index (χ3n) is 6.45. The monoisotopic (exact) mass is 418 g/mol. The maximum absolute atomic E-state index is 13.0. The molecule has 2 aliphatic heterocycles. The third kappa shape index (κ3) is 4.01. The number of rotatable bonds is 3. The minimum absolute atomic E-state index is 0.0694. The first-order chi connectivity index (χ1) is 15.1. The van der Waals surface area contributed by atoms with Gasteiger partial charge in [-0.25, -0.2) is 15.0 Å². The summed E-state index contributed by atoms with van der Waals surface area (Å²) >= 11 is 0. The van der Waals surface area contributed by atoms with Gasteiger partial charge in [0.2, 0.25) is 5.91 Å². The number of amides is 1. The van der Waals surface area contributed by atoms with Gasteiger partial charge in [0.15, 0.2) is 17.0 Å². The SMILES string of the molecule is Cc1cc(C)cc(NC(=O)C2CCCN(c3ncnc4c3nc3n4CCCCC3)C2)c1. The quantitative estimate of drug-likeness (QED) is 0.695. The van der Waals surface area contributed by atoms with Crippen molar-refractivity contribution in [3.8, 4) is 0 Å². The van der Waals surface area contributed by atoms with Crippen molar-refractivity contribution in [3.63, 3.8) is 0 Å². The molecule has 162 valence electrons. The van der Waals surface area contributed by atoms with Crippen LogP contribution in [0.3, 0.4) is 0 Å². The van der Waals surface area contributed by atoms with Crippen molar-refractivity contribution in [1.82, 2.24) is 19.5 Å². The number of carbonyl (C=O) groups excluding carboxylic acids is 1. The lowest BCUT2D eigenvalue weighted by Gasteiger charge is -2.32. The van der Waals surface area contributed by atoms with Crippen LogP contribution in [0.4, 0.5) is 11.5 Å². The van der Waals surface area contributed by atoms with Gasteiger partial charge >= 0.3 is 0 Å². The molecule has 2 aromatic heterocycles. The number of hydrogen-bond acceptors (Lipinski definition) is 5. The van der Waals surface area contributed by atoms with E-state index >= 15 is 0 Å². The van der Waals surface area contributed by atoms with Crippen molar-refractivity contribution >= 4 is 28.6 Å². The molecule has 0 saturated carbocycles. The largest absolute Gasteiger partial charge is 0.354 e. The van der Waals surface area contributed by atoms with Crippen molar-refractivity contribution in [2.24, 2.45) is 5.92 Å². The number of nitrogens with one attached hydrogen (secondary N) is 1. The van der Waals surface area contributed by atoms with Gasteiger partial charge < -0.3 is 14.8 Å². The lowest BCUT2D eigenvalue weighted by molar-refractivity contribution is -0.120. The zero-order valence-electron chi connectivity index (χ0n) is 18.4. The standard InChI is InChI=1S/C24H30N6O/c1-16-11-17(2)13-19(12-16)27-24(31)18-7-6-9-29(14-18)22-21-23(26-15-25-22)30-10-5-3-4-8-20(30)28-21/h11-13,15,18H,3-10,14H2,1-2H3,(H,27,31). The minimum atomic E-state index is -0.0694. The van der Waals surface area contributed by atoms with Gasteiger partial charge in [-0.05, 0) is 62.8 Å². The number of fused-ring (bicyclic) bond motifs is 3. The fourth-order valence-corrected chi connectivity index (χ4v) is 5.03. The van der Waals surface area contributed by atoms with Gasteiger partial charge in [-0.3, -0.25) is 4.79 Å². The van der Waals surface area contributed by atoms with E-state index in [2.05, 4.69) is 44.7 Å². The Bertz CT molecular complexity index is 1100. The number of hydrogen-bond donors (Lipinski definition) is 1. The predicted molar refractivity (Wildman–Crippen MR) is 122 cm³/mol. The Balaban J connectivity index is 1.38. The molecule has 7 nitrogen and oxygen atoms in total. The summed E-state index contributed by atoms with van der Waals surface area (Å²) in [6.45, 7) is 6.63. The first-order valence-electron chi connectivity index (χ1n) is 11.4. The highest BCUT2D eigenvalue weighted by Gasteiger charge is 2.29. The van der Waals surface area contributed by atoms with Gasteiger partial charge in [-0.1, -0.05) is 12.5 Å². The van der Waals surface area contributed by atoms with Crippen molar-refractivity contribution in [2.75, 3.05) is 23.3 Å². The highest BCUT2D eigenvalue weighted by atomic mass is 16.1. The zero-order valence-corrected chi connectivity index (χ0v) is 18.4. The lowest BCUT2D eigenvalue weighted by atomic mass is 9.96. The number of piperidine rings is 1. The van der Waals surface area contributed by atoms with Crippen LogP contribution in [0.5, 0.6) is 0 Å².